The van der Waals surface area contributed by atoms with Crippen molar-refractivity contribution in [3.8, 4) is 0 Å². The first-order valence-corrected chi connectivity index (χ1v) is 9.67. The number of aromatic nitrogens is 1. The zero-order chi connectivity index (χ0) is 21.4. The summed E-state index contributed by atoms with van der Waals surface area (Å²) < 4.78 is 5.21. The van der Waals surface area contributed by atoms with Gasteiger partial charge in [-0.25, -0.2) is 9.78 Å². The number of ether oxygens (including phenoxy) is 1. The van der Waals surface area contributed by atoms with E-state index < -0.39 is 11.7 Å². The summed E-state index contributed by atoms with van der Waals surface area (Å²) in [5.74, 6) is 1.56. The molecule has 0 unspecified atom stereocenters. The molecule has 1 amide bonds. The van der Waals surface area contributed by atoms with E-state index in [2.05, 4.69) is 38.1 Å². The summed E-state index contributed by atoms with van der Waals surface area (Å²) in [5.41, 5.74) is 1.59. The summed E-state index contributed by atoms with van der Waals surface area (Å²) in [5, 5.41) is 10.3. The molecule has 0 atom stereocenters. The summed E-state index contributed by atoms with van der Waals surface area (Å²) >= 11 is 0. The van der Waals surface area contributed by atoms with Crippen LogP contribution in [0.1, 0.15) is 26.3 Å². The minimum absolute atomic E-state index is 0.429. The van der Waals surface area contributed by atoms with E-state index in [0.29, 0.717) is 25.6 Å². The Kier molecular flexibility index (Phi) is 7.64. The van der Waals surface area contributed by atoms with E-state index in [4.69, 9.17) is 4.74 Å². The number of carbonyl (C=O) groups excluding carboxylic acids is 1. The highest BCUT2D eigenvalue weighted by molar-refractivity contribution is 5.85. The van der Waals surface area contributed by atoms with E-state index in [1.54, 1.807) is 7.05 Å². The molecule has 2 aromatic rings. The van der Waals surface area contributed by atoms with Gasteiger partial charge in [-0.05, 0) is 38.5 Å². The van der Waals surface area contributed by atoms with Crippen molar-refractivity contribution in [3.05, 3.63) is 35.9 Å². The number of para-hydroxylation sites is 1. The van der Waals surface area contributed by atoms with Gasteiger partial charge >= 0.3 is 6.09 Å². The van der Waals surface area contributed by atoms with Gasteiger partial charge < -0.3 is 25.6 Å². The predicted molar refractivity (Wildman–Crippen MR) is 119 cm³/mol. The van der Waals surface area contributed by atoms with Crippen molar-refractivity contribution < 1.29 is 9.53 Å². The lowest BCUT2D eigenvalue weighted by Crippen LogP contribution is -2.42. The maximum Gasteiger partial charge on any atom is 0.407 e. The van der Waals surface area contributed by atoms with Crippen molar-refractivity contribution in [1.82, 2.24) is 20.9 Å². The van der Waals surface area contributed by atoms with Crippen LogP contribution in [-0.2, 0) is 11.3 Å². The van der Waals surface area contributed by atoms with Gasteiger partial charge in [-0.1, -0.05) is 18.2 Å². The van der Waals surface area contributed by atoms with Crippen LogP contribution in [0.3, 0.4) is 0 Å². The molecule has 0 saturated heterocycles. The highest BCUT2D eigenvalue weighted by Gasteiger charge is 2.15. The fraction of sp³-hybridized carbons (Fsp3) is 0.476. The third-order valence-corrected chi connectivity index (χ3v) is 4.00. The molecule has 158 valence electrons. The number of amides is 1. The molecule has 1 aromatic heterocycles. The van der Waals surface area contributed by atoms with Crippen LogP contribution in [0.5, 0.6) is 0 Å². The fourth-order valence-corrected chi connectivity index (χ4v) is 2.67. The molecule has 8 heteroatoms. The lowest BCUT2D eigenvalue weighted by molar-refractivity contribution is 0.0529. The van der Waals surface area contributed by atoms with Gasteiger partial charge in [0.15, 0.2) is 5.96 Å². The Morgan fingerprint density at radius 2 is 1.83 bits per heavy atom. The molecule has 2 rings (SSSR count). The van der Waals surface area contributed by atoms with Gasteiger partial charge in [0.2, 0.25) is 0 Å². The Morgan fingerprint density at radius 1 is 1.14 bits per heavy atom. The SMILES string of the molecule is CN=C(NCCNC(=O)OC(C)(C)C)NCc1cc(N(C)C)nc2ccccc12. The van der Waals surface area contributed by atoms with Crippen LogP contribution in [0.2, 0.25) is 0 Å². The number of guanidine groups is 1. The van der Waals surface area contributed by atoms with Crippen molar-refractivity contribution in [2.45, 2.75) is 32.9 Å². The Balaban J connectivity index is 1.92. The van der Waals surface area contributed by atoms with Gasteiger partial charge in [0.25, 0.3) is 0 Å². The summed E-state index contributed by atoms with van der Waals surface area (Å²) in [4.78, 5) is 22.6. The molecule has 0 aliphatic heterocycles. The quantitative estimate of drug-likeness (QED) is 0.392. The average Bonchev–Trinajstić information content (AvgIpc) is 2.65. The maximum atomic E-state index is 11.7. The smallest absolute Gasteiger partial charge is 0.407 e. The standard InChI is InChI=1S/C21H32N6O2/c1-21(2,3)29-20(28)24-12-11-23-19(22-4)25-14-15-13-18(27(5)6)26-17-10-8-7-9-16(15)17/h7-10,13H,11-12,14H2,1-6H3,(H,24,28)(H2,22,23,25). The van der Waals surface area contributed by atoms with Gasteiger partial charge in [0.1, 0.15) is 11.4 Å². The maximum absolute atomic E-state index is 11.7. The van der Waals surface area contributed by atoms with Crippen LogP contribution in [0.15, 0.2) is 35.3 Å². The lowest BCUT2D eigenvalue weighted by atomic mass is 10.1. The molecular formula is C21H32N6O2. The van der Waals surface area contributed by atoms with E-state index in [1.807, 2.05) is 58.0 Å². The molecule has 0 fully saturated rings. The Bertz CT molecular complexity index is 858. The summed E-state index contributed by atoms with van der Waals surface area (Å²) in [6.45, 7) is 7.06. The second-order valence-electron chi connectivity index (χ2n) is 7.83. The van der Waals surface area contributed by atoms with Crippen molar-refractivity contribution in [3.63, 3.8) is 0 Å². The van der Waals surface area contributed by atoms with Crippen molar-refractivity contribution in [2.75, 3.05) is 39.1 Å². The second-order valence-corrected chi connectivity index (χ2v) is 7.83. The third kappa shape index (κ3) is 7.14. The van der Waals surface area contributed by atoms with E-state index in [-0.39, 0.29) is 0 Å². The highest BCUT2D eigenvalue weighted by Crippen LogP contribution is 2.21. The molecule has 3 N–H and O–H groups in total. The normalized spacial score (nSPS) is 11.9. The second kappa shape index (κ2) is 9.95. The molecule has 1 aromatic carbocycles. The number of anilines is 1. The van der Waals surface area contributed by atoms with E-state index in [0.717, 1.165) is 22.3 Å². The Morgan fingerprint density at radius 3 is 2.48 bits per heavy atom. The van der Waals surface area contributed by atoms with Crippen LogP contribution >= 0.6 is 0 Å². The van der Waals surface area contributed by atoms with Crippen LogP contribution in [0, 0.1) is 0 Å². The Labute approximate surface area is 172 Å². The molecule has 1 heterocycles. The van der Waals surface area contributed by atoms with Crippen LogP contribution in [0.25, 0.3) is 10.9 Å². The average molecular weight is 401 g/mol. The van der Waals surface area contributed by atoms with Crippen molar-refractivity contribution >= 4 is 28.8 Å². The third-order valence-electron chi connectivity index (χ3n) is 4.00. The monoisotopic (exact) mass is 400 g/mol. The number of pyridine rings is 1. The van der Waals surface area contributed by atoms with Gasteiger partial charge in [0.05, 0.1) is 5.52 Å². The fourth-order valence-electron chi connectivity index (χ4n) is 2.67. The van der Waals surface area contributed by atoms with E-state index in [9.17, 15) is 4.79 Å². The summed E-state index contributed by atoms with van der Waals surface area (Å²) in [6.07, 6.45) is -0.429. The number of carbonyl (C=O) groups is 1. The number of hydrogen-bond donors (Lipinski definition) is 3. The zero-order valence-corrected chi connectivity index (χ0v) is 18.2. The van der Waals surface area contributed by atoms with Crippen molar-refractivity contribution in [1.29, 1.82) is 0 Å². The first-order chi connectivity index (χ1) is 13.7. The molecule has 0 radical (unpaired) electrons. The number of fused-ring (bicyclic) bond motifs is 1. The first kappa shape index (κ1) is 22.3. The molecule has 0 bridgehead atoms. The van der Waals surface area contributed by atoms with Crippen LogP contribution < -0.4 is 20.9 Å². The molecule has 0 aliphatic carbocycles. The predicted octanol–water partition coefficient (Wildman–Crippen LogP) is 2.49. The number of hydrogen-bond acceptors (Lipinski definition) is 5. The number of benzene rings is 1. The molecule has 0 aliphatic rings. The number of alkyl carbamates (subject to hydrolysis) is 1. The summed E-state index contributed by atoms with van der Waals surface area (Å²) in [7, 11) is 5.67. The first-order valence-electron chi connectivity index (χ1n) is 9.67. The van der Waals surface area contributed by atoms with E-state index in [1.165, 1.54) is 0 Å². The highest BCUT2D eigenvalue weighted by atomic mass is 16.6. The lowest BCUT2D eigenvalue weighted by Gasteiger charge is -2.20. The van der Waals surface area contributed by atoms with Gasteiger partial charge in [0, 0.05) is 46.2 Å². The molecule has 0 saturated carbocycles. The molecule has 0 spiro atoms. The van der Waals surface area contributed by atoms with Gasteiger partial charge in [-0.3, -0.25) is 4.99 Å². The van der Waals surface area contributed by atoms with E-state index >= 15 is 0 Å². The largest absolute Gasteiger partial charge is 0.444 e. The molecule has 29 heavy (non-hydrogen) atoms. The molecule has 8 nitrogen and oxygen atoms in total. The number of nitrogens with zero attached hydrogens (tertiary/aromatic N) is 3. The minimum atomic E-state index is -0.506. The molecular weight excluding hydrogens is 368 g/mol. The van der Waals surface area contributed by atoms with Gasteiger partial charge in [-0.2, -0.15) is 0 Å². The number of aliphatic imine (C=N–C) groups is 1. The zero-order valence-electron chi connectivity index (χ0n) is 18.2. The minimum Gasteiger partial charge on any atom is -0.444 e. The van der Waals surface area contributed by atoms with Gasteiger partial charge in [-0.15, -0.1) is 0 Å². The number of rotatable bonds is 6. The number of nitrogens with one attached hydrogen (secondary N) is 3. The summed E-state index contributed by atoms with van der Waals surface area (Å²) in [6, 6.07) is 10.2. The van der Waals surface area contributed by atoms with Crippen LogP contribution in [-0.4, -0.2) is 56.9 Å². The Hall–Kier alpha value is -3.03. The van der Waals surface area contributed by atoms with Crippen molar-refractivity contribution in [2.24, 2.45) is 4.99 Å². The topological polar surface area (TPSA) is 90.9 Å². The van der Waals surface area contributed by atoms with Crippen LogP contribution in [0.4, 0.5) is 10.6 Å².